The van der Waals surface area contributed by atoms with E-state index in [0.717, 1.165) is 27.2 Å². The molecule has 0 atom stereocenters. The number of esters is 1. The molecule has 0 bridgehead atoms. The van der Waals surface area contributed by atoms with Crippen molar-refractivity contribution in [2.24, 2.45) is 0 Å². The maximum absolute atomic E-state index is 13.4. The van der Waals surface area contributed by atoms with Gasteiger partial charge in [0.15, 0.2) is 0 Å². The van der Waals surface area contributed by atoms with Crippen LogP contribution < -0.4 is 0 Å². The number of nitrogens with zero attached hydrogens (tertiary/aromatic N) is 1. The fourth-order valence-corrected chi connectivity index (χ4v) is 6.57. The van der Waals surface area contributed by atoms with Crippen molar-refractivity contribution < 1.29 is 17.9 Å². The first-order valence-electron chi connectivity index (χ1n) is 8.87. The lowest BCUT2D eigenvalue weighted by Crippen LogP contribution is -2.35. The molecule has 3 aromatic rings. The van der Waals surface area contributed by atoms with Gasteiger partial charge in [-0.2, -0.15) is 4.31 Å². The number of carbonyl (C=O) groups is 1. The molecule has 0 radical (unpaired) electrons. The first-order chi connectivity index (χ1) is 13.5. The molecule has 7 heteroatoms. The molecule has 0 N–H and O–H groups in total. The Balaban J connectivity index is 1.74. The number of fused-ring (bicyclic) bond motifs is 1. The van der Waals surface area contributed by atoms with Crippen LogP contribution in [0, 0.1) is 0 Å². The summed E-state index contributed by atoms with van der Waals surface area (Å²) in [6.45, 7) is 0.644. The average molecular weight is 414 g/mol. The SMILES string of the molecule is COC(=O)c1sc2ccccc2c1S(=O)(=O)N1CC=C(c2ccccc2)CC1. The van der Waals surface area contributed by atoms with Gasteiger partial charge in [-0.1, -0.05) is 54.6 Å². The van der Waals surface area contributed by atoms with Crippen LogP contribution in [-0.4, -0.2) is 38.9 Å². The van der Waals surface area contributed by atoms with E-state index in [4.69, 9.17) is 4.74 Å². The lowest BCUT2D eigenvalue weighted by molar-refractivity contribution is 0.0602. The molecule has 28 heavy (non-hydrogen) atoms. The molecular weight excluding hydrogens is 394 g/mol. The van der Waals surface area contributed by atoms with Gasteiger partial charge in [0.05, 0.1) is 7.11 Å². The minimum Gasteiger partial charge on any atom is -0.465 e. The van der Waals surface area contributed by atoms with E-state index in [1.165, 1.54) is 11.4 Å². The fraction of sp³-hybridized carbons (Fsp3) is 0.190. The summed E-state index contributed by atoms with van der Waals surface area (Å²) in [7, 11) is -2.58. The molecule has 0 fully saturated rings. The Kier molecular flexibility index (Phi) is 5.05. The average Bonchev–Trinajstić information content (AvgIpc) is 3.14. The number of benzene rings is 2. The Morgan fingerprint density at radius 1 is 1.07 bits per heavy atom. The maximum Gasteiger partial charge on any atom is 0.349 e. The number of thiophene rings is 1. The van der Waals surface area contributed by atoms with Crippen LogP contribution in [0.3, 0.4) is 0 Å². The lowest BCUT2D eigenvalue weighted by Gasteiger charge is -2.26. The van der Waals surface area contributed by atoms with Crippen LogP contribution in [0.15, 0.2) is 65.6 Å². The Labute approximate surface area is 167 Å². The molecule has 0 saturated carbocycles. The summed E-state index contributed by atoms with van der Waals surface area (Å²) in [4.78, 5) is 12.4. The largest absolute Gasteiger partial charge is 0.465 e. The van der Waals surface area contributed by atoms with E-state index < -0.39 is 16.0 Å². The normalized spacial score (nSPS) is 15.4. The van der Waals surface area contributed by atoms with Crippen molar-refractivity contribution >= 4 is 43.0 Å². The molecule has 4 rings (SSSR count). The number of methoxy groups -OCH3 is 1. The van der Waals surface area contributed by atoms with E-state index in [1.807, 2.05) is 48.5 Å². The summed E-state index contributed by atoms with van der Waals surface area (Å²) in [5, 5.41) is 0.561. The summed E-state index contributed by atoms with van der Waals surface area (Å²) >= 11 is 1.15. The van der Waals surface area contributed by atoms with E-state index in [9.17, 15) is 13.2 Å². The smallest absolute Gasteiger partial charge is 0.349 e. The van der Waals surface area contributed by atoms with Gasteiger partial charge < -0.3 is 4.74 Å². The molecule has 2 heterocycles. The first kappa shape index (κ1) is 18.9. The lowest BCUT2D eigenvalue weighted by atomic mass is 10.0. The number of rotatable bonds is 4. The molecule has 144 valence electrons. The monoisotopic (exact) mass is 413 g/mol. The van der Waals surface area contributed by atoms with Crippen molar-refractivity contribution in [3.05, 3.63) is 71.1 Å². The van der Waals surface area contributed by atoms with Crippen molar-refractivity contribution in [2.75, 3.05) is 20.2 Å². The molecule has 5 nitrogen and oxygen atoms in total. The highest BCUT2D eigenvalue weighted by Gasteiger charge is 2.34. The zero-order chi connectivity index (χ0) is 19.7. The van der Waals surface area contributed by atoms with Crippen molar-refractivity contribution in [3.63, 3.8) is 0 Å². The van der Waals surface area contributed by atoms with Gasteiger partial charge in [0.2, 0.25) is 10.0 Å². The standard InChI is InChI=1S/C21H19NO4S2/c1-26-21(23)19-20(17-9-5-6-10-18(17)27-19)28(24,25)22-13-11-16(12-14-22)15-7-3-2-4-8-15/h2-11H,12-14H2,1H3. The highest BCUT2D eigenvalue weighted by atomic mass is 32.2. The third-order valence-electron chi connectivity index (χ3n) is 4.84. The number of ether oxygens (including phenoxy) is 1. The second kappa shape index (κ2) is 7.50. The van der Waals surface area contributed by atoms with Crippen molar-refractivity contribution in [1.82, 2.24) is 4.31 Å². The Bertz CT molecular complexity index is 1160. The van der Waals surface area contributed by atoms with Crippen LogP contribution in [0.4, 0.5) is 0 Å². The maximum atomic E-state index is 13.4. The second-order valence-electron chi connectivity index (χ2n) is 6.46. The topological polar surface area (TPSA) is 63.7 Å². The summed E-state index contributed by atoms with van der Waals surface area (Å²) in [5.41, 5.74) is 2.24. The van der Waals surface area contributed by atoms with Crippen LogP contribution in [0.2, 0.25) is 0 Å². The predicted molar refractivity (Wildman–Crippen MR) is 111 cm³/mol. The van der Waals surface area contributed by atoms with Gasteiger partial charge in [0.25, 0.3) is 0 Å². The highest BCUT2D eigenvalue weighted by molar-refractivity contribution is 7.89. The van der Waals surface area contributed by atoms with Crippen molar-refractivity contribution in [2.45, 2.75) is 11.3 Å². The molecule has 0 saturated heterocycles. The van der Waals surface area contributed by atoms with E-state index in [2.05, 4.69) is 0 Å². The minimum atomic E-state index is -3.84. The third kappa shape index (κ3) is 3.26. The molecule has 0 aliphatic carbocycles. The van der Waals surface area contributed by atoms with Gasteiger partial charge in [0, 0.05) is 23.2 Å². The molecule has 0 spiro atoms. The van der Waals surface area contributed by atoms with E-state index in [1.54, 1.807) is 12.1 Å². The van der Waals surface area contributed by atoms with Gasteiger partial charge in [-0.25, -0.2) is 13.2 Å². The number of sulfonamides is 1. The Hall–Kier alpha value is -2.48. The molecular formula is C21H19NO4S2. The molecule has 2 aromatic carbocycles. The minimum absolute atomic E-state index is 0.0523. The molecule has 1 aliphatic heterocycles. The highest BCUT2D eigenvalue weighted by Crippen LogP contribution is 2.37. The van der Waals surface area contributed by atoms with Crippen LogP contribution >= 0.6 is 11.3 Å². The summed E-state index contributed by atoms with van der Waals surface area (Å²) in [5.74, 6) is -0.627. The summed E-state index contributed by atoms with van der Waals surface area (Å²) in [6.07, 6.45) is 2.57. The molecule has 0 amide bonds. The quantitative estimate of drug-likeness (QED) is 0.603. The predicted octanol–water partition coefficient (Wildman–Crippen LogP) is 4.17. The van der Waals surface area contributed by atoms with Gasteiger partial charge >= 0.3 is 5.97 Å². The van der Waals surface area contributed by atoms with Crippen LogP contribution in [0.25, 0.3) is 15.7 Å². The van der Waals surface area contributed by atoms with Crippen molar-refractivity contribution in [1.29, 1.82) is 0 Å². The Morgan fingerprint density at radius 3 is 2.46 bits per heavy atom. The van der Waals surface area contributed by atoms with E-state index in [0.29, 0.717) is 18.4 Å². The van der Waals surface area contributed by atoms with Gasteiger partial charge in [0.1, 0.15) is 9.77 Å². The molecule has 1 aliphatic rings. The van der Waals surface area contributed by atoms with Crippen LogP contribution in [0.5, 0.6) is 0 Å². The van der Waals surface area contributed by atoms with E-state index >= 15 is 0 Å². The van der Waals surface area contributed by atoms with E-state index in [-0.39, 0.29) is 16.3 Å². The third-order valence-corrected chi connectivity index (χ3v) is 8.07. The zero-order valence-electron chi connectivity index (χ0n) is 15.3. The number of hydrogen-bond acceptors (Lipinski definition) is 5. The van der Waals surface area contributed by atoms with Crippen LogP contribution in [-0.2, 0) is 14.8 Å². The number of carbonyl (C=O) groups excluding carboxylic acids is 1. The van der Waals surface area contributed by atoms with Crippen molar-refractivity contribution in [3.8, 4) is 0 Å². The fourth-order valence-electron chi connectivity index (χ4n) is 3.42. The second-order valence-corrected chi connectivity index (χ2v) is 9.38. The summed E-state index contributed by atoms with van der Waals surface area (Å²) < 4.78 is 33.9. The van der Waals surface area contributed by atoms with Crippen LogP contribution in [0.1, 0.15) is 21.7 Å². The zero-order valence-corrected chi connectivity index (χ0v) is 16.9. The van der Waals surface area contributed by atoms with Gasteiger partial charge in [-0.3, -0.25) is 0 Å². The number of hydrogen-bond donors (Lipinski definition) is 0. The Morgan fingerprint density at radius 2 is 1.79 bits per heavy atom. The van der Waals surface area contributed by atoms with Gasteiger partial charge in [-0.15, -0.1) is 11.3 Å². The molecule has 1 aromatic heterocycles. The summed E-state index contributed by atoms with van der Waals surface area (Å²) in [6, 6.07) is 17.1. The first-order valence-corrected chi connectivity index (χ1v) is 11.1. The molecule has 0 unspecified atom stereocenters. The van der Waals surface area contributed by atoms with Gasteiger partial charge in [-0.05, 0) is 23.6 Å².